The molecule has 3 rings (SSSR count). The van der Waals surface area contributed by atoms with Crippen LogP contribution in [0.1, 0.15) is 23.2 Å². The summed E-state index contributed by atoms with van der Waals surface area (Å²) in [6.45, 7) is 1.65. The number of nitrogens with one attached hydrogen (secondary N) is 1. The molecular formula is C16H18N2O3. The maximum absolute atomic E-state index is 11.5. The Balaban J connectivity index is 1.79. The van der Waals surface area contributed by atoms with E-state index in [9.17, 15) is 9.59 Å². The number of aromatic amines is 1. The number of aromatic nitrogens is 1. The Morgan fingerprint density at radius 3 is 2.81 bits per heavy atom. The van der Waals surface area contributed by atoms with Gasteiger partial charge in [-0.05, 0) is 31.0 Å². The standard InChI is InChI=1S/C16H18N2O3/c1-21-16(20)11-4-6-18(7-5-11)13-2-3-15-14(8-13)12(10-19)9-17-15/h2-3,8-11,17H,4-7H2,1H3. The lowest BCUT2D eigenvalue weighted by atomic mass is 9.96. The van der Waals surface area contributed by atoms with Crippen molar-refractivity contribution >= 4 is 28.8 Å². The van der Waals surface area contributed by atoms with Crippen LogP contribution in [0, 0.1) is 5.92 Å². The molecule has 0 bridgehead atoms. The molecule has 1 aliphatic rings. The number of piperidine rings is 1. The fraction of sp³-hybridized carbons (Fsp3) is 0.375. The first-order chi connectivity index (χ1) is 10.2. The second-order valence-corrected chi connectivity index (χ2v) is 5.38. The summed E-state index contributed by atoms with van der Waals surface area (Å²) in [6, 6.07) is 6.07. The summed E-state index contributed by atoms with van der Waals surface area (Å²) in [4.78, 5) is 27.9. The number of ether oxygens (including phenoxy) is 1. The normalized spacial score (nSPS) is 16.1. The number of benzene rings is 1. The molecule has 0 radical (unpaired) electrons. The number of fused-ring (bicyclic) bond motifs is 1. The van der Waals surface area contributed by atoms with E-state index in [1.54, 1.807) is 6.20 Å². The summed E-state index contributed by atoms with van der Waals surface area (Å²) in [7, 11) is 1.44. The van der Waals surface area contributed by atoms with Crippen molar-refractivity contribution < 1.29 is 14.3 Å². The van der Waals surface area contributed by atoms with Crippen LogP contribution in [-0.2, 0) is 9.53 Å². The van der Waals surface area contributed by atoms with Crippen molar-refractivity contribution in [1.82, 2.24) is 4.98 Å². The molecule has 2 aromatic rings. The smallest absolute Gasteiger partial charge is 0.308 e. The van der Waals surface area contributed by atoms with Gasteiger partial charge in [0.15, 0.2) is 6.29 Å². The predicted octanol–water partition coefficient (Wildman–Crippen LogP) is 2.37. The molecule has 0 atom stereocenters. The SMILES string of the molecule is COC(=O)C1CCN(c2ccc3[nH]cc(C=O)c3c2)CC1. The lowest BCUT2D eigenvalue weighted by Crippen LogP contribution is -2.36. The van der Waals surface area contributed by atoms with Gasteiger partial charge in [0.05, 0.1) is 13.0 Å². The van der Waals surface area contributed by atoms with Gasteiger partial charge in [-0.25, -0.2) is 0 Å². The third-order valence-electron chi connectivity index (χ3n) is 4.22. The fourth-order valence-corrected chi connectivity index (χ4v) is 2.96. The largest absolute Gasteiger partial charge is 0.469 e. The maximum atomic E-state index is 11.5. The van der Waals surface area contributed by atoms with Crippen LogP contribution < -0.4 is 4.90 Å². The number of aldehydes is 1. The van der Waals surface area contributed by atoms with Crippen molar-refractivity contribution in [2.75, 3.05) is 25.1 Å². The van der Waals surface area contributed by atoms with Crippen LogP contribution in [-0.4, -0.2) is 37.4 Å². The number of nitrogens with zero attached hydrogens (tertiary/aromatic N) is 1. The molecule has 1 fully saturated rings. The molecule has 1 aliphatic heterocycles. The van der Waals surface area contributed by atoms with Gasteiger partial charge in [0.25, 0.3) is 0 Å². The Kier molecular flexibility index (Phi) is 3.64. The van der Waals surface area contributed by atoms with Gasteiger partial charge >= 0.3 is 5.97 Å². The Morgan fingerprint density at radius 1 is 1.38 bits per heavy atom. The third kappa shape index (κ3) is 2.51. The van der Waals surface area contributed by atoms with Crippen LogP contribution in [0.15, 0.2) is 24.4 Å². The summed E-state index contributed by atoms with van der Waals surface area (Å²) >= 11 is 0. The van der Waals surface area contributed by atoms with Crippen molar-refractivity contribution in [3.63, 3.8) is 0 Å². The van der Waals surface area contributed by atoms with Crippen molar-refractivity contribution in [2.24, 2.45) is 5.92 Å². The van der Waals surface area contributed by atoms with E-state index in [0.29, 0.717) is 5.56 Å². The summed E-state index contributed by atoms with van der Waals surface area (Å²) < 4.78 is 4.81. The molecule has 5 heteroatoms. The molecule has 1 aromatic heterocycles. The van der Waals surface area contributed by atoms with E-state index in [1.807, 2.05) is 18.2 Å². The number of rotatable bonds is 3. The van der Waals surface area contributed by atoms with Gasteiger partial charge in [0, 0.05) is 41.4 Å². The van der Waals surface area contributed by atoms with E-state index >= 15 is 0 Å². The number of methoxy groups -OCH3 is 1. The first kappa shape index (κ1) is 13.7. The molecule has 1 N–H and O–H groups in total. The van der Waals surface area contributed by atoms with Crippen molar-refractivity contribution in [1.29, 1.82) is 0 Å². The zero-order valence-corrected chi connectivity index (χ0v) is 12.0. The Hall–Kier alpha value is -2.30. The van der Waals surface area contributed by atoms with Gasteiger partial charge < -0.3 is 14.6 Å². The summed E-state index contributed by atoms with van der Waals surface area (Å²) in [5.41, 5.74) is 2.73. The summed E-state index contributed by atoms with van der Waals surface area (Å²) in [5.74, 6) is -0.105. The highest BCUT2D eigenvalue weighted by Gasteiger charge is 2.25. The van der Waals surface area contributed by atoms with Crippen molar-refractivity contribution in [3.05, 3.63) is 30.0 Å². The van der Waals surface area contributed by atoms with Crippen LogP contribution in [0.3, 0.4) is 0 Å². The highest BCUT2D eigenvalue weighted by Crippen LogP contribution is 2.28. The van der Waals surface area contributed by atoms with Gasteiger partial charge in [-0.1, -0.05) is 0 Å². The summed E-state index contributed by atoms with van der Waals surface area (Å²) in [6.07, 6.45) is 4.20. The predicted molar refractivity (Wildman–Crippen MR) is 80.6 cm³/mol. The zero-order valence-electron chi connectivity index (χ0n) is 12.0. The molecule has 110 valence electrons. The van der Waals surface area contributed by atoms with E-state index in [1.165, 1.54) is 7.11 Å². The lowest BCUT2D eigenvalue weighted by molar-refractivity contribution is -0.146. The minimum absolute atomic E-state index is 0.00720. The molecule has 1 saturated heterocycles. The third-order valence-corrected chi connectivity index (χ3v) is 4.22. The van der Waals surface area contributed by atoms with E-state index in [2.05, 4.69) is 9.88 Å². The topological polar surface area (TPSA) is 62.4 Å². The monoisotopic (exact) mass is 286 g/mol. The molecule has 21 heavy (non-hydrogen) atoms. The molecule has 0 unspecified atom stereocenters. The first-order valence-electron chi connectivity index (χ1n) is 7.12. The Morgan fingerprint density at radius 2 is 2.14 bits per heavy atom. The fourth-order valence-electron chi connectivity index (χ4n) is 2.96. The van der Waals surface area contributed by atoms with Crippen LogP contribution in [0.4, 0.5) is 5.69 Å². The van der Waals surface area contributed by atoms with Gasteiger partial charge in [0.2, 0.25) is 0 Å². The summed E-state index contributed by atoms with van der Waals surface area (Å²) in [5, 5.41) is 0.942. The van der Waals surface area contributed by atoms with E-state index in [-0.39, 0.29) is 11.9 Å². The average Bonchev–Trinajstić information content (AvgIpc) is 2.96. The van der Waals surface area contributed by atoms with Gasteiger partial charge in [-0.3, -0.25) is 9.59 Å². The highest BCUT2D eigenvalue weighted by atomic mass is 16.5. The highest BCUT2D eigenvalue weighted by molar-refractivity contribution is 5.98. The number of hydrogen-bond acceptors (Lipinski definition) is 4. The molecule has 2 heterocycles. The number of esters is 1. The van der Waals surface area contributed by atoms with Crippen molar-refractivity contribution in [3.8, 4) is 0 Å². The molecule has 0 saturated carbocycles. The van der Waals surface area contributed by atoms with Gasteiger partial charge in [-0.2, -0.15) is 0 Å². The van der Waals surface area contributed by atoms with Crippen LogP contribution in [0.2, 0.25) is 0 Å². The maximum Gasteiger partial charge on any atom is 0.308 e. The number of anilines is 1. The van der Waals surface area contributed by atoms with E-state index < -0.39 is 0 Å². The molecule has 5 nitrogen and oxygen atoms in total. The Bertz CT molecular complexity index is 669. The van der Waals surface area contributed by atoms with E-state index in [0.717, 1.165) is 48.8 Å². The quantitative estimate of drug-likeness (QED) is 0.695. The van der Waals surface area contributed by atoms with Crippen molar-refractivity contribution in [2.45, 2.75) is 12.8 Å². The van der Waals surface area contributed by atoms with Gasteiger partial charge in [0.1, 0.15) is 0 Å². The second-order valence-electron chi connectivity index (χ2n) is 5.38. The first-order valence-corrected chi connectivity index (χ1v) is 7.12. The van der Waals surface area contributed by atoms with E-state index in [4.69, 9.17) is 4.74 Å². The number of H-pyrrole nitrogens is 1. The van der Waals surface area contributed by atoms with Crippen LogP contribution in [0.5, 0.6) is 0 Å². The number of hydrogen-bond donors (Lipinski definition) is 1. The zero-order chi connectivity index (χ0) is 14.8. The number of carbonyl (C=O) groups is 2. The average molecular weight is 286 g/mol. The second kappa shape index (κ2) is 5.60. The van der Waals surface area contributed by atoms with Gasteiger partial charge in [-0.15, -0.1) is 0 Å². The molecule has 0 amide bonds. The molecule has 0 spiro atoms. The van der Waals surface area contributed by atoms with Crippen LogP contribution in [0.25, 0.3) is 10.9 Å². The van der Waals surface area contributed by atoms with Crippen LogP contribution >= 0.6 is 0 Å². The minimum atomic E-state index is -0.112. The Labute approximate surface area is 122 Å². The number of carbonyl (C=O) groups excluding carboxylic acids is 2. The lowest BCUT2D eigenvalue weighted by Gasteiger charge is -2.32. The minimum Gasteiger partial charge on any atom is -0.469 e. The molecule has 1 aromatic carbocycles. The molecule has 0 aliphatic carbocycles. The molecular weight excluding hydrogens is 268 g/mol.